The van der Waals surface area contributed by atoms with Gasteiger partial charge in [0.2, 0.25) is 0 Å². The highest BCUT2D eigenvalue weighted by Crippen LogP contribution is 2.33. The first kappa shape index (κ1) is 23.1. The van der Waals surface area contributed by atoms with E-state index in [1.54, 1.807) is 0 Å². The molecule has 0 unspecified atom stereocenters. The molecule has 0 amide bonds. The third kappa shape index (κ3) is 6.21. The second-order valence-corrected chi connectivity index (χ2v) is 8.30. The number of alkyl halides is 3. The van der Waals surface area contributed by atoms with E-state index in [1.807, 2.05) is 67.3 Å². The molecule has 0 spiro atoms. The van der Waals surface area contributed by atoms with Gasteiger partial charge in [-0.2, -0.15) is 13.2 Å². The highest BCUT2D eigenvalue weighted by molar-refractivity contribution is 7.80. The van der Waals surface area contributed by atoms with E-state index in [-0.39, 0.29) is 13.0 Å². The second-order valence-electron chi connectivity index (χ2n) is 7.86. The largest absolute Gasteiger partial charge is 0.389 e. The van der Waals surface area contributed by atoms with Gasteiger partial charge < -0.3 is 20.5 Å². The molecule has 1 aromatic heterocycles. The summed E-state index contributed by atoms with van der Waals surface area (Å²) in [6.45, 7) is 1.93. The van der Waals surface area contributed by atoms with Crippen LogP contribution in [-0.2, 0) is 6.54 Å². The number of nitrogens with one attached hydrogen (secondary N) is 1. The molecule has 3 aromatic rings. The summed E-state index contributed by atoms with van der Waals surface area (Å²) in [5, 5.41) is 4.36. The van der Waals surface area contributed by atoms with Gasteiger partial charge >= 0.3 is 6.18 Å². The summed E-state index contributed by atoms with van der Waals surface area (Å²) in [4.78, 5) is 2.39. The Bertz CT molecular complexity index is 1060. The molecule has 2 aromatic carbocycles. The first-order valence-corrected chi connectivity index (χ1v) is 10.5. The molecule has 0 aliphatic carbocycles. The number of rotatable bonds is 9. The van der Waals surface area contributed by atoms with Gasteiger partial charge in [-0.1, -0.05) is 36.5 Å². The van der Waals surface area contributed by atoms with E-state index in [0.717, 1.165) is 46.4 Å². The maximum atomic E-state index is 12.7. The van der Waals surface area contributed by atoms with Crippen LogP contribution in [0.2, 0.25) is 0 Å². The van der Waals surface area contributed by atoms with Crippen molar-refractivity contribution in [3.63, 3.8) is 0 Å². The molecule has 0 radical (unpaired) electrons. The summed E-state index contributed by atoms with van der Waals surface area (Å²) in [6, 6.07) is 13.6. The van der Waals surface area contributed by atoms with Crippen molar-refractivity contribution in [1.29, 1.82) is 0 Å². The Labute approximate surface area is 185 Å². The summed E-state index contributed by atoms with van der Waals surface area (Å²) in [6.07, 6.45) is -3.02. The lowest BCUT2D eigenvalue weighted by Gasteiger charge is -2.12. The molecule has 0 aliphatic rings. The van der Waals surface area contributed by atoms with Gasteiger partial charge in [0.25, 0.3) is 0 Å². The number of aryl methyl sites for hydroxylation is 1. The molecule has 0 atom stereocenters. The zero-order valence-electron chi connectivity index (χ0n) is 17.7. The Morgan fingerprint density at radius 1 is 1.16 bits per heavy atom. The minimum atomic E-state index is -4.16. The molecular weight excluding hydrogens is 421 g/mol. The molecule has 0 aliphatic heterocycles. The van der Waals surface area contributed by atoms with Gasteiger partial charge in [0.15, 0.2) is 0 Å². The van der Waals surface area contributed by atoms with Crippen LogP contribution in [0.4, 0.5) is 18.9 Å². The second kappa shape index (κ2) is 9.70. The minimum Gasteiger partial charge on any atom is -0.389 e. The normalized spacial score (nSPS) is 11.9. The van der Waals surface area contributed by atoms with Gasteiger partial charge in [-0.3, -0.25) is 0 Å². The number of benzene rings is 2. The summed E-state index contributed by atoms with van der Waals surface area (Å²) in [5.41, 5.74) is 10.2. The van der Waals surface area contributed by atoms with Crippen molar-refractivity contribution >= 4 is 33.8 Å². The Hall–Kier alpha value is -2.58. The molecule has 1 heterocycles. The van der Waals surface area contributed by atoms with Gasteiger partial charge in [0.05, 0.1) is 5.52 Å². The van der Waals surface area contributed by atoms with Crippen molar-refractivity contribution in [1.82, 2.24) is 9.47 Å². The van der Waals surface area contributed by atoms with Gasteiger partial charge in [-0.15, -0.1) is 0 Å². The highest BCUT2D eigenvalue weighted by Gasteiger charge is 2.26. The molecule has 0 bridgehead atoms. The van der Waals surface area contributed by atoms with E-state index in [1.165, 1.54) is 0 Å². The third-order valence-corrected chi connectivity index (χ3v) is 5.32. The van der Waals surface area contributed by atoms with Crippen LogP contribution in [0.1, 0.15) is 18.4 Å². The van der Waals surface area contributed by atoms with Crippen LogP contribution in [-0.4, -0.2) is 47.8 Å². The lowest BCUT2D eigenvalue weighted by atomic mass is 10.0. The maximum absolute atomic E-state index is 12.7. The topological polar surface area (TPSA) is 46.2 Å². The zero-order valence-corrected chi connectivity index (χ0v) is 18.5. The van der Waals surface area contributed by atoms with E-state index in [9.17, 15) is 13.2 Å². The fraction of sp³-hybridized carbons (Fsp3) is 0.348. The Morgan fingerprint density at radius 2 is 1.94 bits per heavy atom. The number of hydrogen-bond acceptors (Lipinski definition) is 3. The van der Waals surface area contributed by atoms with Crippen molar-refractivity contribution in [3.05, 3.63) is 54.2 Å². The average molecular weight is 449 g/mol. The van der Waals surface area contributed by atoms with Crippen LogP contribution < -0.4 is 11.1 Å². The fourth-order valence-electron chi connectivity index (χ4n) is 3.53. The molecule has 0 saturated carbocycles. The molecular formula is C23H27F3N4S. The minimum absolute atomic E-state index is 0.0257. The molecule has 4 nitrogen and oxygen atoms in total. The summed E-state index contributed by atoms with van der Waals surface area (Å²) >= 11 is 5.10. The first-order valence-electron chi connectivity index (χ1n) is 10.1. The number of nitrogens with zero attached hydrogens (tertiary/aromatic N) is 2. The Kier molecular flexibility index (Phi) is 7.23. The predicted molar refractivity (Wildman–Crippen MR) is 126 cm³/mol. The van der Waals surface area contributed by atoms with Crippen molar-refractivity contribution in [3.8, 4) is 11.1 Å². The predicted octanol–water partition coefficient (Wildman–Crippen LogP) is 5.26. The van der Waals surface area contributed by atoms with Crippen LogP contribution in [0.3, 0.4) is 0 Å². The van der Waals surface area contributed by atoms with Crippen molar-refractivity contribution < 1.29 is 13.2 Å². The van der Waals surface area contributed by atoms with Gasteiger partial charge in [-0.25, -0.2) is 0 Å². The highest BCUT2D eigenvalue weighted by atomic mass is 32.1. The molecule has 3 rings (SSSR count). The number of likely N-dealkylation sites (N-methyl/N-ethyl adjacent to an activating group) is 1. The van der Waals surface area contributed by atoms with Gasteiger partial charge in [0, 0.05) is 54.5 Å². The fourth-order valence-corrected chi connectivity index (χ4v) is 3.66. The molecule has 8 heteroatoms. The molecule has 31 heavy (non-hydrogen) atoms. The lowest BCUT2D eigenvalue weighted by molar-refractivity contribution is -0.135. The molecule has 0 saturated heterocycles. The van der Waals surface area contributed by atoms with Gasteiger partial charge in [0.1, 0.15) is 4.99 Å². The number of anilines is 1. The van der Waals surface area contributed by atoms with E-state index in [0.29, 0.717) is 4.99 Å². The molecule has 3 N–H and O–H groups in total. The monoisotopic (exact) mass is 448 g/mol. The van der Waals surface area contributed by atoms with Crippen molar-refractivity contribution in [2.45, 2.75) is 25.6 Å². The van der Waals surface area contributed by atoms with Gasteiger partial charge in [-0.05, 0) is 44.3 Å². The zero-order chi connectivity index (χ0) is 22.6. The average Bonchev–Trinajstić information content (AvgIpc) is 3.05. The summed E-state index contributed by atoms with van der Waals surface area (Å²) in [7, 11) is 4.01. The van der Waals surface area contributed by atoms with Crippen LogP contribution in [0, 0.1) is 0 Å². The quantitative estimate of drug-likeness (QED) is 0.439. The third-order valence-electron chi connectivity index (χ3n) is 5.09. The smallest absolute Gasteiger partial charge is 0.389 e. The number of aromatic nitrogens is 1. The maximum Gasteiger partial charge on any atom is 0.389 e. The van der Waals surface area contributed by atoms with E-state index in [2.05, 4.69) is 10.2 Å². The van der Waals surface area contributed by atoms with Crippen molar-refractivity contribution in [2.24, 2.45) is 5.73 Å². The van der Waals surface area contributed by atoms with E-state index < -0.39 is 12.6 Å². The lowest BCUT2D eigenvalue weighted by Crippen LogP contribution is -2.20. The molecule has 0 fully saturated rings. The van der Waals surface area contributed by atoms with Crippen LogP contribution >= 0.6 is 12.2 Å². The number of fused-ring (bicyclic) bond motifs is 1. The number of halogens is 3. The first-order chi connectivity index (χ1) is 14.6. The number of hydrogen-bond donors (Lipinski definition) is 2. The van der Waals surface area contributed by atoms with Crippen LogP contribution in [0.15, 0.2) is 48.7 Å². The standard InChI is InChI=1S/C23H27F3N4S/c1-29(2)12-10-28-18-7-8-19-20(16-5-3-6-17(13-16)22(27)31)15-30(21(19)14-18)11-4-9-23(24,25)26/h3,5-8,13-15,28H,4,9-12H2,1-2H3,(H2,27,31). The Balaban J connectivity index is 1.98. The number of thiocarbonyl (C=S) groups is 1. The van der Waals surface area contributed by atoms with E-state index >= 15 is 0 Å². The van der Waals surface area contributed by atoms with Crippen molar-refractivity contribution in [2.75, 3.05) is 32.5 Å². The SMILES string of the molecule is CN(C)CCNc1ccc2c(-c3cccc(C(N)=S)c3)cn(CCCC(F)(F)F)c2c1. The van der Waals surface area contributed by atoms with Crippen LogP contribution in [0.25, 0.3) is 22.0 Å². The summed E-state index contributed by atoms with van der Waals surface area (Å²) < 4.78 is 40.0. The van der Waals surface area contributed by atoms with Crippen LogP contribution in [0.5, 0.6) is 0 Å². The number of nitrogens with two attached hydrogens (primary N) is 1. The Morgan fingerprint density at radius 3 is 2.61 bits per heavy atom. The molecule has 166 valence electrons. The van der Waals surface area contributed by atoms with E-state index in [4.69, 9.17) is 18.0 Å². The summed E-state index contributed by atoms with van der Waals surface area (Å²) in [5.74, 6) is 0.